The van der Waals surface area contributed by atoms with Crippen LogP contribution in [0.5, 0.6) is 5.88 Å². The standard InChI is InChI=1S/C18H15BCl2N4O3S/c19-15-11-23-17(25-29(26,27)14-7-1-6-13(20)16(14)21)18(24-15)28-9-3-5-12-4-2-8-22-10-12/h1-2,4,6-8,10-11H,3,5,9H2,(H,23,25). The van der Waals surface area contributed by atoms with Crippen LogP contribution in [0, 0.1) is 0 Å². The third kappa shape index (κ3) is 5.59. The van der Waals surface area contributed by atoms with E-state index >= 15 is 0 Å². The molecule has 148 valence electrons. The lowest BCUT2D eigenvalue weighted by molar-refractivity contribution is 0.300. The lowest BCUT2D eigenvalue weighted by Crippen LogP contribution is -2.19. The summed E-state index contributed by atoms with van der Waals surface area (Å²) >= 11 is 11.9. The van der Waals surface area contributed by atoms with Crippen molar-refractivity contribution in [1.29, 1.82) is 0 Å². The zero-order valence-electron chi connectivity index (χ0n) is 15.0. The number of halogens is 2. The summed E-state index contributed by atoms with van der Waals surface area (Å²) in [5, 5.41) is 0.0221. The van der Waals surface area contributed by atoms with Crippen molar-refractivity contribution in [3.63, 3.8) is 0 Å². The van der Waals surface area contributed by atoms with E-state index in [1.54, 1.807) is 12.4 Å². The minimum Gasteiger partial charge on any atom is -0.475 e. The van der Waals surface area contributed by atoms with Gasteiger partial charge in [0.1, 0.15) is 12.7 Å². The quantitative estimate of drug-likeness (QED) is 0.420. The first-order valence-electron chi connectivity index (χ1n) is 8.48. The van der Waals surface area contributed by atoms with Gasteiger partial charge in [-0.15, -0.1) is 0 Å². The summed E-state index contributed by atoms with van der Waals surface area (Å²) in [6.07, 6.45) is 6.10. The Morgan fingerprint density at radius 3 is 2.72 bits per heavy atom. The molecule has 0 saturated heterocycles. The van der Waals surface area contributed by atoms with E-state index in [1.165, 1.54) is 24.4 Å². The van der Waals surface area contributed by atoms with E-state index in [2.05, 4.69) is 19.7 Å². The number of aromatic nitrogens is 3. The smallest absolute Gasteiger partial charge is 0.264 e. The third-order valence-corrected chi connectivity index (χ3v) is 6.08. The second-order valence-corrected chi connectivity index (χ2v) is 8.36. The van der Waals surface area contributed by atoms with Crippen molar-refractivity contribution in [2.75, 3.05) is 11.3 Å². The summed E-state index contributed by atoms with van der Waals surface area (Å²) in [5.74, 6) is -0.130. The molecule has 0 aliphatic carbocycles. The fourth-order valence-corrected chi connectivity index (χ4v) is 4.19. The molecule has 3 rings (SSSR count). The molecule has 0 saturated carbocycles. The van der Waals surface area contributed by atoms with Gasteiger partial charge in [0.2, 0.25) is 5.82 Å². The summed E-state index contributed by atoms with van der Waals surface area (Å²) in [5.41, 5.74) is 1.15. The molecule has 2 radical (unpaired) electrons. The zero-order valence-corrected chi connectivity index (χ0v) is 17.4. The minimum atomic E-state index is -4.07. The van der Waals surface area contributed by atoms with Crippen molar-refractivity contribution >= 4 is 52.5 Å². The SMILES string of the molecule is [B]c1cnc(NS(=O)(=O)c2cccc(Cl)c2Cl)c(OCCCc2cccnc2)n1. The van der Waals surface area contributed by atoms with E-state index in [0.29, 0.717) is 6.42 Å². The molecule has 11 heteroatoms. The highest BCUT2D eigenvalue weighted by molar-refractivity contribution is 7.92. The van der Waals surface area contributed by atoms with Crippen LogP contribution in [0.15, 0.2) is 53.8 Å². The van der Waals surface area contributed by atoms with Crippen LogP contribution in [0.4, 0.5) is 5.82 Å². The average molecular weight is 449 g/mol. The van der Waals surface area contributed by atoms with E-state index in [0.717, 1.165) is 12.0 Å². The van der Waals surface area contributed by atoms with Crippen LogP contribution in [0.3, 0.4) is 0 Å². The summed E-state index contributed by atoms with van der Waals surface area (Å²) in [6, 6.07) is 8.11. The number of anilines is 1. The fraction of sp³-hybridized carbons (Fsp3) is 0.167. The van der Waals surface area contributed by atoms with E-state index in [1.807, 2.05) is 12.1 Å². The van der Waals surface area contributed by atoms with Crippen molar-refractivity contribution < 1.29 is 13.2 Å². The first-order chi connectivity index (χ1) is 13.9. The normalized spacial score (nSPS) is 11.2. The Kier molecular flexibility index (Phi) is 6.94. The molecular formula is C18H15BCl2N4O3S. The predicted octanol–water partition coefficient (Wildman–Crippen LogP) is 2.78. The third-order valence-electron chi connectivity index (χ3n) is 3.77. The van der Waals surface area contributed by atoms with Gasteiger partial charge in [0.15, 0.2) is 0 Å². The summed E-state index contributed by atoms with van der Waals surface area (Å²) in [7, 11) is 1.59. The van der Waals surface area contributed by atoms with Gasteiger partial charge in [-0.2, -0.15) is 0 Å². The number of nitrogens with zero attached hydrogens (tertiary/aromatic N) is 3. The molecular weight excluding hydrogens is 434 g/mol. The molecule has 1 N–H and O–H groups in total. The van der Waals surface area contributed by atoms with Crippen LogP contribution >= 0.6 is 23.2 Å². The number of nitrogens with one attached hydrogen (secondary N) is 1. The van der Waals surface area contributed by atoms with E-state index in [9.17, 15) is 8.42 Å². The van der Waals surface area contributed by atoms with Gasteiger partial charge in [-0.05, 0) is 36.6 Å². The van der Waals surface area contributed by atoms with E-state index in [4.69, 9.17) is 35.8 Å². The van der Waals surface area contributed by atoms with Crippen molar-refractivity contribution in [3.8, 4) is 5.88 Å². The van der Waals surface area contributed by atoms with Crippen LogP contribution in [0.25, 0.3) is 0 Å². The predicted molar refractivity (Wildman–Crippen MR) is 113 cm³/mol. The molecule has 0 unspecified atom stereocenters. The molecule has 7 nitrogen and oxygen atoms in total. The molecule has 0 fully saturated rings. The molecule has 0 bridgehead atoms. The maximum Gasteiger partial charge on any atom is 0.264 e. The maximum absolute atomic E-state index is 12.7. The fourth-order valence-electron chi connectivity index (χ4n) is 2.42. The zero-order chi connectivity index (χ0) is 20.9. The molecule has 2 heterocycles. The van der Waals surface area contributed by atoms with Crippen LogP contribution < -0.4 is 15.1 Å². The van der Waals surface area contributed by atoms with Crippen LogP contribution in [0.2, 0.25) is 10.0 Å². The number of ether oxygens (including phenoxy) is 1. The molecule has 2 aromatic heterocycles. The number of rotatable bonds is 8. The second-order valence-electron chi connectivity index (χ2n) is 5.92. The first kappa shape index (κ1) is 21.4. The highest BCUT2D eigenvalue weighted by Crippen LogP contribution is 2.31. The molecule has 0 aliphatic rings. The lowest BCUT2D eigenvalue weighted by Gasteiger charge is -2.13. The Hall–Kier alpha value is -2.36. The van der Waals surface area contributed by atoms with Gasteiger partial charge in [-0.3, -0.25) is 9.71 Å². The second kappa shape index (κ2) is 9.43. The van der Waals surface area contributed by atoms with Gasteiger partial charge in [-0.25, -0.2) is 18.4 Å². The van der Waals surface area contributed by atoms with E-state index < -0.39 is 10.0 Å². The first-order valence-corrected chi connectivity index (χ1v) is 10.7. The van der Waals surface area contributed by atoms with Gasteiger partial charge in [0.05, 0.1) is 16.7 Å². The van der Waals surface area contributed by atoms with Gasteiger partial charge < -0.3 is 4.74 Å². The van der Waals surface area contributed by atoms with Gasteiger partial charge >= 0.3 is 0 Å². The summed E-state index contributed by atoms with van der Waals surface area (Å²) in [6.45, 7) is 0.277. The average Bonchev–Trinajstić information content (AvgIpc) is 2.70. The number of pyridine rings is 1. The van der Waals surface area contributed by atoms with Crippen LogP contribution in [-0.2, 0) is 16.4 Å². The maximum atomic E-state index is 12.7. The molecule has 0 spiro atoms. The molecule has 0 amide bonds. The Bertz CT molecular complexity index is 1100. The van der Waals surface area contributed by atoms with Gasteiger partial charge in [-0.1, -0.05) is 35.3 Å². The molecule has 1 aromatic carbocycles. The highest BCUT2D eigenvalue weighted by atomic mass is 35.5. The number of aryl methyl sites for hydroxylation is 1. The van der Waals surface area contributed by atoms with Crippen LogP contribution in [0.1, 0.15) is 12.0 Å². The number of benzene rings is 1. The van der Waals surface area contributed by atoms with E-state index in [-0.39, 0.29) is 38.8 Å². The largest absolute Gasteiger partial charge is 0.475 e. The monoisotopic (exact) mass is 448 g/mol. The van der Waals surface area contributed by atoms with Gasteiger partial charge in [0.25, 0.3) is 15.9 Å². The number of hydrogen-bond donors (Lipinski definition) is 1. The molecule has 29 heavy (non-hydrogen) atoms. The van der Waals surface area contributed by atoms with Gasteiger partial charge in [0, 0.05) is 24.2 Å². The Balaban J connectivity index is 1.73. The number of sulfonamides is 1. The molecule has 0 aliphatic heterocycles. The topological polar surface area (TPSA) is 94.1 Å². The van der Waals surface area contributed by atoms with Crippen molar-refractivity contribution in [2.45, 2.75) is 17.7 Å². The Morgan fingerprint density at radius 1 is 1.14 bits per heavy atom. The lowest BCUT2D eigenvalue weighted by atomic mass is 10.1. The Morgan fingerprint density at radius 2 is 1.97 bits per heavy atom. The molecule has 3 aromatic rings. The molecule has 0 atom stereocenters. The summed E-state index contributed by atoms with van der Waals surface area (Å²) in [4.78, 5) is 11.9. The van der Waals surface area contributed by atoms with Crippen LogP contribution in [-0.4, -0.2) is 37.8 Å². The summed E-state index contributed by atoms with van der Waals surface area (Å²) < 4.78 is 33.4. The van der Waals surface area contributed by atoms with Crippen molar-refractivity contribution in [1.82, 2.24) is 15.0 Å². The van der Waals surface area contributed by atoms with Crippen molar-refractivity contribution in [2.24, 2.45) is 0 Å². The minimum absolute atomic E-state index is 0.0297. The highest BCUT2D eigenvalue weighted by Gasteiger charge is 2.22. The Labute approximate surface area is 179 Å². The number of hydrogen-bond acceptors (Lipinski definition) is 6. The van der Waals surface area contributed by atoms with Crippen molar-refractivity contribution in [3.05, 3.63) is 64.5 Å².